The second-order valence-electron chi connectivity index (χ2n) is 6.70. The molecule has 0 unspecified atom stereocenters. The minimum Gasteiger partial charge on any atom is -0.508 e. The Morgan fingerprint density at radius 1 is 1.12 bits per heavy atom. The minimum absolute atomic E-state index is 0.0706. The molecule has 0 saturated carbocycles. The Hall–Kier alpha value is -1.21. The Kier molecular flexibility index (Phi) is 5.94. The van der Waals surface area contributed by atoms with E-state index >= 15 is 0 Å². The van der Waals surface area contributed by atoms with Gasteiger partial charge in [0.15, 0.2) is 0 Å². The number of carbonyl (C=O) groups is 1. The maximum atomic E-state index is 12.6. The highest BCUT2D eigenvalue weighted by Crippen LogP contribution is 2.37. The van der Waals surface area contributed by atoms with E-state index < -0.39 is 0 Å². The Morgan fingerprint density at radius 2 is 1.68 bits per heavy atom. The molecular weight excluding hydrogens is 363 g/mol. The summed E-state index contributed by atoms with van der Waals surface area (Å²) in [6.07, 6.45) is 1.61. The molecule has 0 aromatic heterocycles. The molecule has 0 aliphatic carbocycles. The maximum Gasteiger partial charge on any atom is 0.320 e. The van der Waals surface area contributed by atoms with Gasteiger partial charge in [0.25, 0.3) is 0 Å². The number of aromatic hydroxyl groups is 1. The van der Waals surface area contributed by atoms with E-state index in [9.17, 15) is 9.90 Å². The van der Waals surface area contributed by atoms with E-state index in [0.717, 1.165) is 39.0 Å². The van der Waals surface area contributed by atoms with Gasteiger partial charge in [0.2, 0.25) is 0 Å². The Labute approximate surface area is 157 Å². The van der Waals surface area contributed by atoms with E-state index in [1.807, 2.05) is 9.80 Å². The number of nitrogens with two attached hydrogens (primary N) is 1. The second kappa shape index (κ2) is 7.99. The number of piperazine rings is 1. The van der Waals surface area contributed by atoms with E-state index in [2.05, 4.69) is 5.32 Å². The predicted molar refractivity (Wildman–Crippen MR) is 99.2 cm³/mol. The van der Waals surface area contributed by atoms with Crippen molar-refractivity contribution in [2.45, 2.75) is 18.9 Å². The topological polar surface area (TPSA) is 81.8 Å². The molecule has 2 aliphatic heterocycles. The smallest absolute Gasteiger partial charge is 0.320 e. The zero-order chi connectivity index (χ0) is 18.0. The quantitative estimate of drug-likeness (QED) is 0.728. The van der Waals surface area contributed by atoms with Crippen LogP contribution in [0.25, 0.3) is 0 Å². The largest absolute Gasteiger partial charge is 0.508 e. The molecule has 1 aromatic rings. The molecular formula is C17H24Cl2N4O2. The van der Waals surface area contributed by atoms with Gasteiger partial charge < -0.3 is 26.0 Å². The summed E-state index contributed by atoms with van der Waals surface area (Å²) in [6, 6.07) is 2.86. The van der Waals surface area contributed by atoms with E-state index in [0.29, 0.717) is 28.7 Å². The molecule has 0 spiro atoms. The summed E-state index contributed by atoms with van der Waals surface area (Å²) in [7, 11) is 0. The molecule has 1 atom stereocenters. The normalized spacial score (nSPS) is 20.6. The van der Waals surface area contributed by atoms with Crippen LogP contribution in [-0.4, -0.2) is 60.2 Å². The zero-order valence-corrected chi connectivity index (χ0v) is 15.6. The van der Waals surface area contributed by atoms with Crippen LogP contribution in [0.3, 0.4) is 0 Å². The fourth-order valence-electron chi connectivity index (χ4n) is 3.58. The number of carbonyl (C=O) groups excluding carboxylic acids is 1. The number of piperidine rings is 1. The summed E-state index contributed by atoms with van der Waals surface area (Å²) in [5.41, 5.74) is 6.98. The number of nitrogens with one attached hydrogen (secondary N) is 1. The first-order chi connectivity index (χ1) is 12.0. The Morgan fingerprint density at radius 3 is 2.32 bits per heavy atom. The van der Waals surface area contributed by atoms with Gasteiger partial charge in [0, 0.05) is 56.9 Å². The highest BCUT2D eigenvalue weighted by molar-refractivity contribution is 6.42. The van der Waals surface area contributed by atoms with Crippen molar-refractivity contribution < 1.29 is 9.90 Å². The first-order valence-electron chi connectivity index (χ1n) is 8.65. The van der Waals surface area contributed by atoms with Crippen LogP contribution in [0.15, 0.2) is 12.1 Å². The van der Waals surface area contributed by atoms with Crippen molar-refractivity contribution in [1.82, 2.24) is 15.1 Å². The third kappa shape index (κ3) is 4.14. The van der Waals surface area contributed by atoms with Crippen LogP contribution in [0.4, 0.5) is 4.79 Å². The van der Waals surface area contributed by atoms with Crippen LogP contribution in [0.5, 0.6) is 5.75 Å². The number of rotatable bonds is 2. The van der Waals surface area contributed by atoms with Crippen LogP contribution < -0.4 is 11.1 Å². The van der Waals surface area contributed by atoms with Gasteiger partial charge in [-0.1, -0.05) is 23.2 Å². The van der Waals surface area contributed by atoms with Crippen molar-refractivity contribution in [3.63, 3.8) is 0 Å². The number of halogens is 2. The Bertz CT molecular complexity index is 629. The highest BCUT2D eigenvalue weighted by Gasteiger charge is 2.31. The number of nitrogens with zero attached hydrogens (tertiary/aromatic N) is 2. The molecule has 2 saturated heterocycles. The number of hydrogen-bond acceptors (Lipinski definition) is 4. The third-order valence-electron chi connectivity index (χ3n) is 5.13. The van der Waals surface area contributed by atoms with Crippen LogP contribution in [0.1, 0.15) is 24.4 Å². The lowest BCUT2D eigenvalue weighted by atomic mass is 9.85. The fraction of sp³-hybridized carbons (Fsp3) is 0.588. The molecule has 6 nitrogen and oxygen atoms in total. The zero-order valence-electron chi connectivity index (χ0n) is 14.0. The lowest BCUT2D eigenvalue weighted by Crippen LogP contribution is -2.53. The van der Waals surface area contributed by atoms with Crippen LogP contribution in [-0.2, 0) is 0 Å². The summed E-state index contributed by atoms with van der Waals surface area (Å²) >= 11 is 12.0. The molecule has 138 valence electrons. The van der Waals surface area contributed by atoms with Gasteiger partial charge in [-0.25, -0.2) is 4.79 Å². The lowest BCUT2D eigenvalue weighted by Gasteiger charge is -2.38. The first kappa shape index (κ1) is 18.6. The number of phenolic OH excluding ortho intramolecular Hbond substituents is 1. The Balaban J connectivity index is 1.60. The van der Waals surface area contributed by atoms with E-state index in [4.69, 9.17) is 28.9 Å². The van der Waals surface area contributed by atoms with Crippen molar-refractivity contribution in [2.24, 2.45) is 11.7 Å². The molecule has 0 radical (unpaired) electrons. The van der Waals surface area contributed by atoms with Crippen molar-refractivity contribution in [1.29, 1.82) is 0 Å². The van der Waals surface area contributed by atoms with E-state index in [1.54, 1.807) is 6.07 Å². The van der Waals surface area contributed by atoms with Crippen molar-refractivity contribution in [3.8, 4) is 5.75 Å². The van der Waals surface area contributed by atoms with Gasteiger partial charge in [0.1, 0.15) is 5.75 Å². The molecule has 2 heterocycles. The van der Waals surface area contributed by atoms with Gasteiger partial charge in [0.05, 0.1) is 10.0 Å². The third-order valence-corrected chi connectivity index (χ3v) is 5.86. The lowest BCUT2D eigenvalue weighted by molar-refractivity contribution is 0.123. The molecule has 0 bridgehead atoms. The van der Waals surface area contributed by atoms with Crippen LogP contribution >= 0.6 is 23.2 Å². The SMILES string of the molecule is N[C@@H](c1cc(Cl)c(Cl)cc1O)C1CCN(C(=O)N2CCNCC2)CC1. The van der Waals surface area contributed by atoms with E-state index in [-0.39, 0.29) is 23.7 Å². The first-order valence-corrected chi connectivity index (χ1v) is 9.41. The number of urea groups is 1. The van der Waals surface area contributed by atoms with Gasteiger partial charge in [-0.15, -0.1) is 0 Å². The van der Waals surface area contributed by atoms with Crippen LogP contribution in [0, 0.1) is 5.92 Å². The average molecular weight is 387 g/mol. The molecule has 8 heteroatoms. The highest BCUT2D eigenvalue weighted by atomic mass is 35.5. The fourth-order valence-corrected chi connectivity index (χ4v) is 3.91. The van der Waals surface area contributed by atoms with Crippen molar-refractivity contribution in [2.75, 3.05) is 39.3 Å². The summed E-state index contributed by atoms with van der Waals surface area (Å²) < 4.78 is 0. The van der Waals surface area contributed by atoms with Crippen molar-refractivity contribution in [3.05, 3.63) is 27.7 Å². The molecule has 2 aliphatic rings. The van der Waals surface area contributed by atoms with E-state index in [1.165, 1.54) is 6.07 Å². The van der Waals surface area contributed by atoms with Crippen LogP contribution in [0.2, 0.25) is 10.0 Å². The number of likely N-dealkylation sites (tertiary alicyclic amines) is 1. The minimum atomic E-state index is -0.328. The van der Waals surface area contributed by atoms with Gasteiger partial charge in [-0.2, -0.15) is 0 Å². The molecule has 2 fully saturated rings. The summed E-state index contributed by atoms with van der Waals surface area (Å²) in [5.74, 6) is 0.261. The maximum absolute atomic E-state index is 12.6. The molecule has 2 amide bonds. The average Bonchev–Trinajstić information content (AvgIpc) is 2.64. The summed E-state index contributed by atoms with van der Waals surface area (Å²) in [5, 5.41) is 14.1. The number of hydrogen-bond donors (Lipinski definition) is 3. The summed E-state index contributed by atoms with van der Waals surface area (Å²) in [6.45, 7) is 4.59. The van der Waals surface area contributed by atoms with Gasteiger partial charge >= 0.3 is 6.03 Å². The van der Waals surface area contributed by atoms with Gasteiger partial charge in [-0.05, 0) is 24.8 Å². The second-order valence-corrected chi connectivity index (χ2v) is 7.51. The molecule has 3 rings (SSSR count). The van der Waals surface area contributed by atoms with Gasteiger partial charge in [-0.3, -0.25) is 0 Å². The molecule has 1 aromatic carbocycles. The predicted octanol–water partition coefficient (Wildman–Crippen LogP) is 2.44. The molecule has 25 heavy (non-hydrogen) atoms. The number of benzene rings is 1. The number of amides is 2. The van der Waals surface area contributed by atoms with Crippen molar-refractivity contribution >= 4 is 29.2 Å². The standard InChI is InChI=1S/C17H24Cl2N4O2/c18-13-9-12(15(24)10-14(13)19)16(20)11-1-5-22(6-2-11)17(25)23-7-3-21-4-8-23/h9-11,16,21,24H,1-8,20H2/t16-/m1/s1. The number of phenols is 1. The monoisotopic (exact) mass is 386 g/mol. The summed E-state index contributed by atoms with van der Waals surface area (Å²) in [4.78, 5) is 16.4. The molecule has 4 N–H and O–H groups in total.